The lowest BCUT2D eigenvalue weighted by Crippen LogP contribution is -2.40. The van der Waals surface area contributed by atoms with Crippen LogP contribution in [0.1, 0.15) is 25.8 Å². The lowest BCUT2D eigenvalue weighted by molar-refractivity contribution is 0.0672. The van der Waals surface area contributed by atoms with Gasteiger partial charge in [0.05, 0.1) is 12.7 Å². The lowest BCUT2D eigenvalue weighted by atomic mass is 10.0. The van der Waals surface area contributed by atoms with Crippen molar-refractivity contribution >= 4 is 11.6 Å². The lowest BCUT2D eigenvalue weighted by Gasteiger charge is -2.21. The fourth-order valence-corrected chi connectivity index (χ4v) is 2.70. The molecule has 0 spiro atoms. The highest BCUT2D eigenvalue weighted by Crippen LogP contribution is 2.19. The molecule has 0 saturated carbocycles. The smallest absolute Gasteiger partial charge is 0.191 e. The fraction of sp³-hybridized carbons (Fsp3) is 0.500. The first kappa shape index (κ1) is 20.8. The molecule has 1 heterocycles. The van der Waals surface area contributed by atoms with Crippen LogP contribution in [-0.2, 0) is 12.6 Å². The molecule has 1 atom stereocenters. The van der Waals surface area contributed by atoms with Crippen LogP contribution in [0.4, 0.5) is 5.69 Å². The first-order valence-electron chi connectivity index (χ1n) is 9.42. The maximum absolute atomic E-state index is 10.7. The minimum atomic E-state index is -1.05. The summed E-state index contributed by atoms with van der Waals surface area (Å²) in [7, 11) is 3.93. The van der Waals surface area contributed by atoms with Gasteiger partial charge in [0, 0.05) is 51.2 Å². The Labute approximate surface area is 162 Å². The van der Waals surface area contributed by atoms with Crippen LogP contribution in [0.5, 0.6) is 0 Å². The molecule has 3 N–H and O–H groups in total. The Bertz CT molecular complexity index is 710. The second-order valence-corrected chi connectivity index (χ2v) is 6.91. The normalized spacial score (nSPS) is 13.9. The Balaban J connectivity index is 1.83. The maximum Gasteiger partial charge on any atom is 0.191 e. The number of aliphatic imine (C=N–C) groups is 1. The predicted molar refractivity (Wildman–Crippen MR) is 111 cm³/mol. The van der Waals surface area contributed by atoms with E-state index in [1.165, 1.54) is 5.69 Å². The summed E-state index contributed by atoms with van der Waals surface area (Å²) >= 11 is 0. The highest BCUT2D eigenvalue weighted by molar-refractivity contribution is 5.79. The van der Waals surface area contributed by atoms with Gasteiger partial charge < -0.3 is 20.6 Å². The number of guanidine groups is 1. The number of aryl methyl sites for hydroxylation is 1. The van der Waals surface area contributed by atoms with E-state index in [2.05, 4.69) is 44.8 Å². The van der Waals surface area contributed by atoms with Crippen molar-refractivity contribution in [1.29, 1.82) is 0 Å². The number of aromatic nitrogens is 2. The molecule has 0 bridgehead atoms. The largest absolute Gasteiger partial charge is 0.383 e. The monoisotopic (exact) mass is 372 g/mol. The van der Waals surface area contributed by atoms with Crippen LogP contribution in [0.15, 0.2) is 47.7 Å². The molecule has 0 aliphatic carbocycles. The van der Waals surface area contributed by atoms with Crippen molar-refractivity contribution in [2.45, 2.75) is 25.9 Å². The Morgan fingerprint density at radius 1 is 1.30 bits per heavy atom. The first-order valence-corrected chi connectivity index (χ1v) is 9.42. The number of benzene rings is 1. The molecule has 2 aromatic rings. The molecule has 1 aromatic carbocycles. The van der Waals surface area contributed by atoms with E-state index in [0.29, 0.717) is 5.96 Å². The quantitative estimate of drug-likeness (QED) is 0.355. The summed E-state index contributed by atoms with van der Waals surface area (Å²) in [6, 6.07) is 10.3. The summed E-state index contributed by atoms with van der Waals surface area (Å²) in [4.78, 5) is 6.77. The third-order valence-electron chi connectivity index (χ3n) is 4.38. The number of hydrogen-bond donors (Lipinski definition) is 3. The zero-order chi connectivity index (χ0) is 19.7. The van der Waals surface area contributed by atoms with E-state index in [-0.39, 0.29) is 6.54 Å². The molecule has 0 amide bonds. The second kappa shape index (κ2) is 9.97. The predicted octanol–water partition coefficient (Wildman–Crippen LogP) is 1.71. The molecule has 148 valence electrons. The van der Waals surface area contributed by atoms with Gasteiger partial charge in [-0.15, -0.1) is 0 Å². The van der Waals surface area contributed by atoms with Crippen molar-refractivity contribution < 1.29 is 5.11 Å². The van der Waals surface area contributed by atoms with Gasteiger partial charge in [-0.3, -0.25) is 4.68 Å². The summed E-state index contributed by atoms with van der Waals surface area (Å²) < 4.78 is 1.68. The van der Waals surface area contributed by atoms with Crippen molar-refractivity contribution in [2.24, 2.45) is 12.0 Å². The van der Waals surface area contributed by atoms with E-state index in [1.807, 2.05) is 38.4 Å². The molecule has 27 heavy (non-hydrogen) atoms. The Hall–Kier alpha value is -2.54. The average Bonchev–Trinajstić information content (AvgIpc) is 3.11. The molecule has 0 aliphatic heterocycles. The number of rotatable bonds is 9. The molecular weight excluding hydrogens is 340 g/mol. The van der Waals surface area contributed by atoms with E-state index in [1.54, 1.807) is 17.8 Å². The molecule has 0 fully saturated rings. The van der Waals surface area contributed by atoms with Crippen LogP contribution in [0.2, 0.25) is 0 Å². The van der Waals surface area contributed by atoms with Crippen LogP contribution >= 0.6 is 0 Å². The number of anilines is 1. The van der Waals surface area contributed by atoms with Gasteiger partial charge in [0.15, 0.2) is 5.96 Å². The van der Waals surface area contributed by atoms with Gasteiger partial charge in [-0.1, -0.05) is 18.2 Å². The van der Waals surface area contributed by atoms with Crippen molar-refractivity contribution in [3.8, 4) is 0 Å². The first-order chi connectivity index (χ1) is 12.9. The topological polar surface area (TPSA) is 77.7 Å². The fourth-order valence-electron chi connectivity index (χ4n) is 2.70. The highest BCUT2D eigenvalue weighted by atomic mass is 16.3. The summed E-state index contributed by atoms with van der Waals surface area (Å²) in [5.41, 5.74) is 0.920. The van der Waals surface area contributed by atoms with Gasteiger partial charge >= 0.3 is 0 Å². The Morgan fingerprint density at radius 3 is 2.67 bits per heavy atom. The molecule has 7 nitrogen and oxygen atoms in total. The summed E-state index contributed by atoms with van der Waals surface area (Å²) in [5.74, 6) is 0.712. The maximum atomic E-state index is 10.7. The summed E-state index contributed by atoms with van der Waals surface area (Å²) in [6.45, 7) is 6.57. The zero-order valence-electron chi connectivity index (χ0n) is 16.8. The van der Waals surface area contributed by atoms with Crippen LogP contribution in [0.3, 0.4) is 0 Å². The molecule has 1 unspecified atom stereocenters. The van der Waals surface area contributed by atoms with Gasteiger partial charge in [-0.25, -0.2) is 4.99 Å². The van der Waals surface area contributed by atoms with E-state index >= 15 is 0 Å². The Morgan fingerprint density at radius 2 is 2.04 bits per heavy atom. The number of para-hydroxylation sites is 1. The number of nitrogens with zero attached hydrogens (tertiary/aromatic N) is 4. The van der Waals surface area contributed by atoms with E-state index in [4.69, 9.17) is 0 Å². The molecule has 0 aliphatic rings. The third-order valence-corrected chi connectivity index (χ3v) is 4.38. The van der Waals surface area contributed by atoms with Gasteiger partial charge in [0.25, 0.3) is 0 Å². The van der Waals surface area contributed by atoms with E-state index in [9.17, 15) is 5.11 Å². The molecular formula is C20H32N6O. The van der Waals surface area contributed by atoms with Crippen molar-refractivity contribution in [3.05, 3.63) is 48.3 Å². The highest BCUT2D eigenvalue weighted by Gasteiger charge is 2.24. The van der Waals surface area contributed by atoms with E-state index in [0.717, 1.165) is 31.6 Å². The van der Waals surface area contributed by atoms with Crippen LogP contribution < -0.4 is 15.5 Å². The molecule has 2 rings (SSSR count). The van der Waals surface area contributed by atoms with Gasteiger partial charge in [0.1, 0.15) is 5.60 Å². The minimum absolute atomic E-state index is 0.262. The molecule has 7 heteroatoms. The van der Waals surface area contributed by atoms with Crippen molar-refractivity contribution in [3.63, 3.8) is 0 Å². The number of hydrogen-bond acceptors (Lipinski definition) is 4. The number of nitrogens with one attached hydrogen (secondary N) is 2. The molecule has 0 saturated heterocycles. The number of aliphatic hydroxyl groups is 1. The van der Waals surface area contributed by atoms with Crippen LogP contribution in [0, 0.1) is 0 Å². The Kier molecular flexibility index (Phi) is 7.67. The standard InChI is InChI=1S/C20H32N6O/c1-5-21-19(23-16-20(2,27)17-14-24-26(4)15-17)22-12-9-13-25(3)18-10-7-6-8-11-18/h6-8,10-11,14-15,27H,5,9,12-13,16H2,1-4H3,(H2,21,22,23). The second-order valence-electron chi connectivity index (χ2n) is 6.91. The van der Waals surface area contributed by atoms with E-state index < -0.39 is 5.60 Å². The minimum Gasteiger partial charge on any atom is -0.383 e. The van der Waals surface area contributed by atoms with Gasteiger partial charge in [0.2, 0.25) is 0 Å². The third kappa shape index (κ3) is 6.60. The zero-order valence-corrected chi connectivity index (χ0v) is 16.8. The van der Waals surface area contributed by atoms with Gasteiger partial charge in [-0.05, 0) is 32.4 Å². The van der Waals surface area contributed by atoms with Crippen LogP contribution in [0.25, 0.3) is 0 Å². The van der Waals surface area contributed by atoms with Crippen LogP contribution in [-0.4, -0.2) is 54.1 Å². The van der Waals surface area contributed by atoms with Crippen molar-refractivity contribution in [2.75, 3.05) is 38.1 Å². The summed E-state index contributed by atoms with van der Waals surface area (Å²) in [5, 5.41) is 21.3. The summed E-state index contributed by atoms with van der Waals surface area (Å²) in [6.07, 6.45) is 4.47. The molecule has 0 radical (unpaired) electrons. The molecule has 1 aromatic heterocycles. The average molecular weight is 373 g/mol. The van der Waals surface area contributed by atoms with Crippen molar-refractivity contribution in [1.82, 2.24) is 20.4 Å². The SMILES string of the molecule is CCNC(=NCC(C)(O)c1cnn(C)c1)NCCCN(C)c1ccccc1. The van der Waals surface area contributed by atoms with Gasteiger partial charge in [-0.2, -0.15) is 5.10 Å².